The first-order valence-electron chi connectivity index (χ1n) is 6.12. The number of hydrogen-bond acceptors (Lipinski definition) is 3. The van der Waals surface area contributed by atoms with Gasteiger partial charge in [0.15, 0.2) is 0 Å². The molecule has 18 heavy (non-hydrogen) atoms. The second-order valence-corrected chi connectivity index (χ2v) is 5.58. The predicted molar refractivity (Wildman–Crippen MR) is 76.1 cm³/mol. The molecule has 2 rings (SSSR count). The summed E-state index contributed by atoms with van der Waals surface area (Å²) < 4.78 is 5.39. The molecular weight excluding hydrogens is 271 g/mol. The number of anilines is 1. The number of nitrogens with one attached hydrogen (secondary N) is 1. The largest absolute Gasteiger partial charge is 0.396 e. The lowest BCUT2D eigenvalue weighted by atomic mass is 10.0. The molecule has 2 unspecified atom stereocenters. The minimum absolute atomic E-state index is 0.419. The van der Waals surface area contributed by atoms with E-state index in [0.29, 0.717) is 27.7 Å². The van der Waals surface area contributed by atoms with Gasteiger partial charge in [-0.3, -0.25) is 0 Å². The number of halogens is 2. The summed E-state index contributed by atoms with van der Waals surface area (Å²) in [5.41, 5.74) is 7.20. The summed E-state index contributed by atoms with van der Waals surface area (Å²) in [6.45, 7) is 4.63. The average Bonchev–Trinajstić information content (AvgIpc) is 2.86. The Labute approximate surface area is 118 Å². The molecule has 1 aromatic carbocycles. The van der Waals surface area contributed by atoms with Crippen LogP contribution < -0.4 is 11.1 Å². The lowest BCUT2D eigenvalue weighted by Crippen LogP contribution is -2.33. The van der Waals surface area contributed by atoms with Crippen molar-refractivity contribution in [2.75, 3.05) is 18.9 Å². The maximum atomic E-state index is 6.00. The van der Waals surface area contributed by atoms with Gasteiger partial charge in [-0.2, -0.15) is 0 Å². The van der Waals surface area contributed by atoms with Crippen molar-refractivity contribution in [3.8, 4) is 0 Å². The van der Waals surface area contributed by atoms with Crippen LogP contribution in [-0.4, -0.2) is 19.3 Å². The van der Waals surface area contributed by atoms with Crippen LogP contribution in [0.2, 0.25) is 10.0 Å². The van der Waals surface area contributed by atoms with Crippen LogP contribution in [0.25, 0.3) is 0 Å². The summed E-state index contributed by atoms with van der Waals surface area (Å²) in [5, 5.41) is 4.50. The van der Waals surface area contributed by atoms with Gasteiger partial charge in [0.25, 0.3) is 0 Å². The van der Waals surface area contributed by atoms with E-state index in [1.54, 1.807) is 0 Å². The Balaban J connectivity index is 1.93. The molecule has 1 heterocycles. The van der Waals surface area contributed by atoms with Crippen molar-refractivity contribution in [3.05, 3.63) is 27.7 Å². The van der Waals surface area contributed by atoms with Crippen molar-refractivity contribution >= 4 is 28.9 Å². The van der Waals surface area contributed by atoms with Crippen LogP contribution in [0.15, 0.2) is 12.1 Å². The summed E-state index contributed by atoms with van der Waals surface area (Å²) in [6.07, 6.45) is 1.12. The number of nitrogens with two attached hydrogens (primary N) is 1. The number of ether oxygens (including phenoxy) is 1. The van der Waals surface area contributed by atoms with Crippen LogP contribution in [0.4, 0.5) is 5.69 Å². The van der Waals surface area contributed by atoms with Crippen LogP contribution in [-0.2, 0) is 11.3 Å². The van der Waals surface area contributed by atoms with Gasteiger partial charge in [-0.15, -0.1) is 0 Å². The van der Waals surface area contributed by atoms with E-state index in [4.69, 9.17) is 33.7 Å². The standard InChI is InChI=1S/C13H18Cl2N2O/c1-8(10-2-3-18-7-10)17-6-9-4-11(14)13(16)12(15)5-9/h4-5,8,10,17H,2-3,6-7,16H2,1H3. The van der Waals surface area contributed by atoms with Gasteiger partial charge in [0.05, 0.1) is 22.3 Å². The Morgan fingerprint density at radius 2 is 2.11 bits per heavy atom. The Morgan fingerprint density at radius 3 is 2.67 bits per heavy atom. The fourth-order valence-electron chi connectivity index (χ4n) is 2.13. The Bertz CT molecular complexity index is 396. The zero-order valence-corrected chi connectivity index (χ0v) is 11.9. The Kier molecular flexibility index (Phi) is 4.73. The van der Waals surface area contributed by atoms with E-state index in [1.807, 2.05) is 12.1 Å². The van der Waals surface area contributed by atoms with Crippen LogP contribution in [0, 0.1) is 5.92 Å². The lowest BCUT2D eigenvalue weighted by molar-refractivity contribution is 0.178. The van der Waals surface area contributed by atoms with Crippen LogP contribution in [0.1, 0.15) is 18.9 Å². The molecule has 100 valence electrons. The van der Waals surface area contributed by atoms with Crippen molar-refractivity contribution in [2.45, 2.75) is 25.9 Å². The topological polar surface area (TPSA) is 47.3 Å². The summed E-state index contributed by atoms with van der Waals surface area (Å²) in [5.74, 6) is 0.588. The molecule has 5 heteroatoms. The second kappa shape index (κ2) is 6.11. The van der Waals surface area contributed by atoms with Gasteiger partial charge in [0, 0.05) is 19.2 Å². The van der Waals surface area contributed by atoms with E-state index in [-0.39, 0.29) is 0 Å². The van der Waals surface area contributed by atoms with Crippen LogP contribution in [0.3, 0.4) is 0 Å². The third kappa shape index (κ3) is 3.29. The van der Waals surface area contributed by atoms with E-state index < -0.39 is 0 Å². The molecule has 0 spiro atoms. The Morgan fingerprint density at radius 1 is 1.44 bits per heavy atom. The van der Waals surface area contributed by atoms with E-state index >= 15 is 0 Å². The van der Waals surface area contributed by atoms with E-state index in [1.165, 1.54) is 0 Å². The third-order valence-electron chi connectivity index (χ3n) is 3.44. The first kappa shape index (κ1) is 13.9. The lowest BCUT2D eigenvalue weighted by Gasteiger charge is -2.19. The minimum Gasteiger partial charge on any atom is -0.396 e. The van der Waals surface area contributed by atoms with Crippen LogP contribution in [0.5, 0.6) is 0 Å². The van der Waals surface area contributed by atoms with Crippen LogP contribution >= 0.6 is 23.2 Å². The highest BCUT2D eigenvalue weighted by Crippen LogP contribution is 2.29. The highest BCUT2D eigenvalue weighted by Gasteiger charge is 2.21. The molecule has 1 fully saturated rings. The number of rotatable bonds is 4. The molecule has 2 atom stereocenters. The molecule has 1 aliphatic heterocycles. The van der Waals surface area contributed by atoms with Gasteiger partial charge in [0.1, 0.15) is 0 Å². The summed E-state index contributed by atoms with van der Waals surface area (Å²) in [7, 11) is 0. The first-order chi connectivity index (χ1) is 8.58. The number of nitrogen functional groups attached to an aromatic ring is 1. The quantitative estimate of drug-likeness (QED) is 0.837. The van der Waals surface area contributed by atoms with E-state index in [2.05, 4.69) is 12.2 Å². The number of hydrogen-bond donors (Lipinski definition) is 2. The maximum Gasteiger partial charge on any atom is 0.0693 e. The van der Waals surface area contributed by atoms with Gasteiger partial charge in [-0.1, -0.05) is 23.2 Å². The molecule has 1 aromatic rings. The zero-order chi connectivity index (χ0) is 13.1. The average molecular weight is 289 g/mol. The molecule has 1 aliphatic rings. The van der Waals surface area contributed by atoms with Crippen molar-refractivity contribution in [3.63, 3.8) is 0 Å². The molecule has 0 saturated carbocycles. The minimum atomic E-state index is 0.419. The van der Waals surface area contributed by atoms with Gasteiger partial charge in [-0.05, 0) is 37.0 Å². The summed E-state index contributed by atoms with van der Waals surface area (Å²) in [4.78, 5) is 0. The third-order valence-corrected chi connectivity index (χ3v) is 4.06. The Hall–Kier alpha value is -0.480. The summed E-state index contributed by atoms with van der Waals surface area (Å²) >= 11 is 12.0. The molecule has 0 aliphatic carbocycles. The molecule has 1 saturated heterocycles. The second-order valence-electron chi connectivity index (χ2n) is 4.77. The van der Waals surface area contributed by atoms with E-state index in [0.717, 1.165) is 31.7 Å². The van der Waals surface area contributed by atoms with Crippen molar-refractivity contribution in [1.82, 2.24) is 5.32 Å². The highest BCUT2D eigenvalue weighted by molar-refractivity contribution is 6.38. The normalized spacial score (nSPS) is 21.2. The number of benzene rings is 1. The first-order valence-corrected chi connectivity index (χ1v) is 6.88. The fraction of sp³-hybridized carbons (Fsp3) is 0.538. The van der Waals surface area contributed by atoms with Gasteiger partial charge in [-0.25, -0.2) is 0 Å². The van der Waals surface area contributed by atoms with Crippen molar-refractivity contribution in [2.24, 2.45) is 5.92 Å². The van der Waals surface area contributed by atoms with E-state index in [9.17, 15) is 0 Å². The van der Waals surface area contributed by atoms with Gasteiger partial charge >= 0.3 is 0 Å². The molecule has 0 amide bonds. The SMILES string of the molecule is CC(NCc1cc(Cl)c(N)c(Cl)c1)C1CCOC1. The smallest absolute Gasteiger partial charge is 0.0693 e. The van der Waals surface area contributed by atoms with Crippen molar-refractivity contribution < 1.29 is 4.74 Å². The molecule has 3 nitrogen and oxygen atoms in total. The summed E-state index contributed by atoms with van der Waals surface area (Å²) in [6, 6.07) is 4.13. The molecule has 0 radical (unpaired) electrons. The predicted octanol–water partition coefficient (Wildman–Crippen LogP) is 3.09. The molecule has 0 bridgehead atoms. The van der Waals surface area contributed by atoms with Gasteiger partial charge < -0.3 is 15.8 Å². The molecular formula is C13H18Cl2N2O. The zero-order valence-electron chi connectivity index (χ0n) is 10.4. The molecule has 0 aromatic heterocycles. The monoisotopic (exact) mass is 288 g/mol. The highest BCUT2D eigenvalue weighted by atomic mass is 35.5. The maximum absolute atomic E-state index is 6.00. The molecule has 3 N–H and O–H groups in total. The van der Waals surface area contributed by atoms with Gasteiger partial charge in [0.2, 0.25) is 0 Å². The van der Waals surface area contributed by atoms with Crippen molar-refractivity contribution in [1.29, 1.82) is 0 Å². The fourth-order valence-corrected chi connectivity index (χ4v) is 2.66.